The summed E-state index contributed by atoms with van der Waals surface area (Å²) in [5.74, 6) is -2.09. The highest BCUT2D eigenvalue weighted by Gasteiger charge is 2.18. The number of fused-ring (bicyclic) bond motifs is 1. The molecule has 0 saturated heterocycles. The van der Waals surface area contributed by atoms with Crippen LogP contribution < -0.4 is 5.32 Å². The van der Waals surface area contributed by atoms with Gasteiger partial charge in [-0.05, 0) is 18.2 Å². The van der Waals surface area contributed by atoms with Crippen LogP contribution in [0.25, 0.3) is 10.9 Å². The summed E-state index contributed by atoms with van der Waals surface area (Å²) in [4.78, 5) is 29.6. The Morgan fingerprint density at radius 1 is 1.24 bits per heavy atom. The highest BCUT2D eigenvalue weighted by atomic mass is 35.5. The van der Waals surface area contributed by atoms with Crippen LogP contribution in [0.4, 0.5) is 5.82 Å². The number of anilines is 1. The maximum absolute atomic E-state index is 10.9. The van der Waals surface area contributed by atoms with E-state index in [9.17, 15) is 9.59 Å². The summed E-state index contributed by atoms with van der Waals surface area (Å²) in [7, 11) is 0. The van der Waals surface area contributed by atoms with Crippen LogP contribution in [0.1, 0.15) is 10.4 Å². The van der Waals surface area contributed by atoms with Gasteiger partial charge in [-0.25, -0.2) is 19.6 Å². The van der Waals surface area contributed by atoms with E-state index in [4.69, 9.17) is 15.3 Å². The number of hydrogen-bond acceptors (Lipinski definition) is 6. The number of carboxylic acid groups (broad SMARTS) is 2. The lowest BCUT2D eigenvalue weighted by Gasteiger charge is -2.13. The van der Waals surface area contributed by atoms with Gasteiger partial charge < -0.3 is 20.6 Å². The molecule has 0 radical (unpaired) electrons. The first-order chi connectivity index (χ1) is 9.52. The van der Waals surface area contributed by atoms with Gasteiger partial charge in [-0.15, -0.1) is 12.4 Å². The number of benzene rings is 1. The number of rotatable bonds is 5. The fraction of sp³-hybridized carbons (Fsp3) is 0.167. The minimum Gasteiger partial charge on any atom is -0.480 e. The average molecular weight is 314 g/mol. The largest absolute Gasteiger partial charge is 0.480 e. The number of aromatic carboxylic acids is 1. The highest BCUT2D eigenvalue weighted by molar-refractivity contribution is 5.96. The van der Waals surface area contributed by atoms with E-state index in [1.165, 1.54) is 24.5 Å². The van der Waals surface area contributed by atoms with Crippen LogP contribution in [0.5, 0.6) is 0 Å². The maximum Gasteiger partial charge on any atom is 0.335 e. The predicted molar refractivity (Wildman–Crippen MR) is 75.9 cm³/mol. The molecule has 0 aliphatic carbocycles. The highest BCUT2D eigenvalue weighted by Crippen LogP contribution is 2.21. The third-order valence-electron chi connectivity index (χ3n) is 2.68. The van der Waals surface area contributed by atoms with Crippen molar-refractivity contribution in [1.29, 1.82) is 0 Å². The van der Waals surface area contributed by atoms with Crippen LogP contribution in [-0.4, -0.2) is 49.9 Å². The van der Waals surface area contributed by atoms with Gasteiger partial charge in [0.2, 0.25) is 0 Å². The Kier molecular flexibility index (Phi) is 5.39. The number of aliphatic hydroxyl groups excluding tert-OH is 1. The minimum absolute atomic E-state index is 0. The molecule has 1 atom stereocenters. The Hall–Kier alpha value is -2.45. The second-order valence-corrected chi connectivity index (χ2v) is 3.98. The quantitative estimate of drug-likeness (QED) is 0.631. The number of nitrogens with one attached hydrogen (secondary N) is 1. The summed E-state index contributed by atoms with van der Waals surface area (Å²) >= 11 is 0. The molecule has 0 bridgehead atoms. The molecule has 0 spiro atoms. The van der Waals surface area contributed by atoms with Crippen LogP contribution in [0, 0.1) is 0 Å². The van der Waals surface area contributed by atoms with Gasteiger partial charge >= 0.3 is 11.9 Å². The van der Waals surface area contributed by atoms with Crippen molar-refractivity contribution in [2.75, 3.05) is 11.9 Å². The fourth-order valence-electron chi connectivity index (χ4n) is 1.66. The first-order valence-electron chi connectivity index (χ1n) is 5.61. The van der Waals surface area contributed by atoms with Crippen molar-refractivity contribution in [3.8, 4) is 0 Å². The molecule has 2 rings (SSSR count). The molecule has 1 unspecified atom stereocenters. The Labute approximate surface area is 124 Å². The standard InChI is InChI=1S/C12H11N3O5.ClH/c16-4-9(12(19)20)15-10-7-2-1-6(11(17)18)3-8(7)13-5-14-10;/h1-3,5,9,16H,4H2,(H,17,18)(H,19,20)(H,13,14,15);1H. The number of aromatic nitrogens is 2. The zero-order valence-corrected chi connectivity index (χ0v) is 11.4. The van der Waals surface area contributed by atoms with Crippen molar-refractivity contribution in [3.05, 3.63) is 30.1 Å². The predicted octanol–water partition coefficient (Wildman–Crippen LogP) is 0.607. The second-order valence-electron chi connectivity index (χ2n) is 3.98. The van der Waals surface area contributed by atoms with Crippen molar-refractivity contribution in [2.24, 2.45) is 0 Å². The van der Waals surface area contributed by atoms with Gasteiger partial charge in [0.15, 0.2) is 0 Å². The molecular weight excluding hydrogens is 302 g/mol. The molecule has 1 aromatic heterocycles. The van der Waals surface area contributed by atoms with Gasteiger partial charge in [0.1, 0.15) is 18.2 Å². The van der Waals surface area contributed by atoms with Crippen LogP contribution in [-0.2, 0) is 4.79 Å². The van der Waals surface area contributed by atoms with E-state index in [2.05, 4.69) is 15.3 Å². The molecule has 21 heavy (non-hydrogen) atoms. The number of halogens is 1. The number of aliphatic hydroxyl groups is 1. The number of aliphatic carboxylic acids is 1. The summed E-state index contributed by atoms with van der Waals surface area (Å²) < 4.78 is 0. The van der Waals surface area contributed by atoms with Gasteiger partial charge in [0.25, 0.3) is 0 Å². The lowest BCUT2D eigenvalue weighted by molar-refractivity contribution is -0.138. The van der Waals surface area contributed by atoms with E-state index in [0.29, 0.717) is 10.9 Å². The molecule has 112 valence electrons. The Bertz CT molecular complexity index is 679. The normalized spacial score (nSPS) is 11.5. The van der Waals surface area contributed by atoms with Crippen molar-refractivity contribution in [3.63, 3.8) is 0 Å². The van der Waals surface area contributed by atoms with Crippen LogP contribution in [0.3, 0.4) is 0 Å². The molecule has 9 heteroatoms. The minimum atomic E-state index is -1.22. The third kappa shape index (κ3) is 3.56. The van der Waals surface area contributed by atoms with E-state index in [-0.39, 0.29) is 23.8 Å². The lowest BCUT2D eigenvalue weighted by Crippen LogP contribution is -2.33. The third-order valence-corrected chi connectivity index (χ3v) is 2.68. The number of carbonyl (C=O) groups is 2. The first-order valence-corrected chi connectivity index (χ1v) is 5.61. The number of carboxylic acids is 2. The van der Waals surface area contributed by atoms with E-state index in [1.54, 1.807) is 0 Å². The van der Waals surface area contributed by atoms with E-state index in [0.717, 1.165) is 0 Å². The smallest absolute Gasteiger partial charge is 0.335 e. The summed E-state index contributed by atoms with van der Waals surface area (Å²) in [6, 6.07) is 3.01. The zero-order chi connectivity index (χ0) is 14.7. The summed E-state index contributed by atoms with van der Waals surface area (Å²) in [5.41, 5.74) is 0.434. The van der Waals surface area contributed by atoms with E-state index in [1.807, 2.05) is 0 Å². The molecule has 1 heterocycles. The lowest BCUT2D eigenvalue weighted by atomic mass is 10.1. The van der Waals surface area contributed by atoms with Crippen molar-refractivity contribution in [1.82, 2.24) is 9.97 Å². The number of hydrogen-bond donors (Lipinski definition) is 4. The van der Waals surface area contributed by atoms with Gasteiger partial charge in [-0.1, -0.05) is 0 Å². The SMILES string of the molecule is Cl.O=C(O)c1ccc2c(NC(CO)C(=O)O)ncnc2c1. The van der Waals surface area contributed by atoms with Crippen molar-refractivity contribution < 1.29 is 24.9 Å². The molecule has 0 saturated carbocycles. The molecule has 4 N–H and O–H groups in total. The van der Waals surface area contributed by atoms with Gasteiger partial charge in [-0.2, -0.15) is 0 Å². The molecule has 0 aliphatic heterocycles. The number of nitrogens with zero attached hydrogens (tertiary/aromatic N) is 2. The average Bonchev–Trinajstić information content (AvgIpc) is 2.43. The Morgan fingerprint density at radius 3 is 2.52 bits per heavy atom. The molecule has 2 aromatic rings. The summed E-state index contributed by atoms with van der Waals surface area (Å²) in [5, 5.41) is 29.8. The van der Waals surface area contributed by atoms with Gasteiger partial charge in [0.05, 0.1) is 17.7 Å². The van der Waals surface area contributed by atoms with Gasteiger partial charge in [-0.3, -0.25) is 0 Å². The molecule has 0 fully saturated rings. The molecule has 1 aromatic carbocycles. The van der Waals surface area contributed by atoms with Crippen molar-refractivity contribution in [2.45, 2.75) is 6.04 Å². The van der Waals surface area contributed by atoms with Crippen molar-refractivity contribution >= 4 is 41.1 Å². The van der Waals surface area contributed by atoms with Crippen LogP contribution >= 0.6 is 12.4 Å². The molecule has 0 amide bonds. The van der Waals surface area contributed by atoms with E-state index < -0.39 is 24.6 Å². The summed E-state index contributed by atoms with van der Waals surface area (Å²) in [6.07, 6.45) is 1.19. The van der Waals surface area contributed by atoms with Crippen LogP contribution in [0.2, 0.25) is 0 Å². The maximum atomic E-state index is 10.9. The fourth-order valence-corrected chi connectivity index (χ4v) is 1.66. The van der Waals surface area contributed by atoms with E-state index >= 15 is 0 Å². The first kappa shape index (κ1) is 16.6. The molecular formula is C12H12ClN3O5. The topological polar surface area (TPSA) is 133 Å². The zero-order valence-electron chi connectivity index (χ0n) is 10.6. The second kappa shape index (κ2) is 6.82. The van der Waals surface area contributed by atoms with Crippen LogP contribution in [0.15, 0.2) is 24.5 Å². The Balaban J connectivity index is 0.00000220. The molecule has 0 aliphatic rings. The summed E-state index contributed by atoms with van der Waals surface area (Å²) in [6.45, 7) is -0.603. The monoisotopic (exact) mass is 313 g/mol. The Morgan fingerprint density at radius 2 is 1.95 bits per heavy atom. The van der Waals surface area contributed by atoms with Gasteiger partial charge in [0, 0.05) is 5.39 Å². The molecule has 8 nitrogen and oxygen atoms in total.